The molecule has 0 spiro atoms. The zero-order valence-electron chi connectivity index (χ0n) is 9.84. The Hall–Kier alpha value is -2.37. The smallest absolute Gasteiger partial charge is 0.207 e. The lowest BCUT2D eigenvalue weighted by molar-refractivity contribution is 0.629. The average molecular weight is 245 g/mol. The molecule has 0 aliphatic carbocycles. The van der Waals surface area contributed by atoms with E-state index in [2.05, 4.69) is 10.1 Å². The van der Waals surface area contributed by atoms with Crippen molar-refractivity contribution in [1.29, 1.82) is 0 Å². The van der Waals surface area contributed by atoms with E-state index < -0.39 is 0 Å². The predicted molar refractivity (Wildman–Crippen MR) is 66.9 cm³/mol. The van der Waals surface area contributed by atoms with Crippen LogP contribution >= 0.6 is 0 Å². The molecule has 0 unspecified atom stereocenters. The molecule has 0 bridgehead atoms. The molecular formula is C12H12FN5. The van der Waals surface area contributed by atoms with Gasteiger partial charge in [-0.05, 0) is 19.1 Å². The number of nitrogen functional groups attached to an aromatic ring is 1. The van der Waals surface area contributed by atoms with Crippen LogP contribution in [0.3, 0.4) is 0 Å². The van der Waals surface area contributed by atoms with E-state index in [0.717, 1.165) is 6.54 Å². The van der Waals surface area contributed by atoms with Crippen LogP contribution in [0.4, 0.5) is 10.3 Å². The van der Waals surface area contributed by atoms with Crippen LogP contribution in [0, 0.1) is 5.82 Å². The maximum absolute atomic E-state index is 13.3. The van der Waals surface area contributed by atoms with Gasteiger partial charge in [-0.3, -0.25) is 9.25 Å². The van der Waals surface area contributed by atoms with Crippen LogP contribution in [0.1, 0.15) is 6.92 Å². The number of hydrogen-bond donors (Lipinski definition) is 1. The summed E-state index contributed by atoms with van der Waals surface area (Å²) in [4.78, 5) is 4.19. The number of hydrogen-bond acceptors (Lipinski definition) is 3. The van der Waals surface area contributed by atoms with Crippen LogP contribution in [-0.4, -0.2) is 19.3 Å². The van der Waals surface area contributed by atoms with Crippen molar-refractivity contribution in [3.8, 4) is 5.82 Å². The van der Waals surface area contributed by atoms with E-state index in [1.54, 1.807) is 15.3 Å². The first-order valence-electron chi connectivity index (χ1n) is 5.66. The van der Waals surface area contributed by atoms with Gasteiger partial charge in [0, 0.05) is 24.9 Å². The van der Waals surface area contributed by atoms with Crippen molar-refractivity contribution in [3.05, 3.63) is 36.3 Å². The van der Waals surface area contributed by atoms with Gasteiger partial charge < -0.3 is 5.73 Å². The maximum Gasteiger partial charge on any atom is 0.207 e. The molecule has 18 heavy (non-hydrogen) atoms. The van der Waals surface area contributed by atoms with Gasteiger partial charge >= 0.3 is 0 Å². The number of halogens is 1. The van der Waals surface area contributed by atoms with Crippen molar-refractivity contribution in [3.63, 3.8) is 0 Å². The molecule has 6 heteroatoms. The number of aryl methyl sites for hydroxylation is 1. The largest absolute Gasteiger partial charge is 0.369 e. The molecule has 0 saturated carbocycles. The van der Waals surface area contributed by atoms with Gasteiger partial charge in [0.25, 0.3) is 0 Å². The van der Waals surface area contributed by atoms with E-state index >= 15 is 0 Å². The molecule has 0 radical (unpaired) electrons. The fraction of sp³-hybridized carbons (Fsp3) is 0.167. The van der Waals surface area contributed by atoms with Crippen LogP contribution in [-0.2, 0) is 6.54 Å². The molecule has 3 aromatic rings. The number of benzene rings is 1. The van der Waals surface area contributed by atoms with Crippen molar-refractivity contribution in [2.24, 2.45) is 0 Å². The van der Waals surface area contributed by atoms with Crippen molar-refractivity contribution in [2.75, 3.05) is 5.73 Å². The average Bonchev–Trinajstić information content (AvgIpc) is 2.92. The van der Waals surface area contributed by atoms with Crippen LogP contribution in [0.5, 0.6) is 0 Å². The molecule has 0 atom stereocenters. The van der Waals surface area contributed by atoms with Gasteiger partial charge in [0.2, 0.25) is 5.95 Å². The van der Waals surface area contributed by atoms with Crippen molar-refractivity contribution in [1.82, 2.24) is 19.3 Å². The lowest BCUT2D eigenvalue weighted by atomic mass is 10.3. The monoisotopic (exact) mass is 245 g/mol. The van der Waals surface area contributed by atoms with Crippen molar-refractivity contribution < 1.29 is 4.39 Å². The number of nitrogens with zero attached hydrogens (tertiary/aromatic N) is 4. The summed E-state index contributed by atoms with van der Waals surface area (Å²) >= 11 is 0. The van der Waals surface area contributed by atoms with Crippen LogP contribution in [0.15, 0.2) is 30.5 Å². The Morgan fingerprint density at radius 3 is 2.89 bits per heavy atom. The minimum Gasteiger partial charge on any atom is -0.369 e. The molecular weight excluding hydrogens is 233 g/mol. The molecule has 5 nitrogen and oxygen atoms in total. The third-order valence-corrected chi connectivity index (χ3v) is 2.82. The second kappa shape index (κ2) is 3.83. The number of anilines is 1. The van der Waals surface area contributed by atoms with E-state index in [4.69, 9.17) is 5.73 Å². The first-order valence-corrected chi connectivity index (χ1v) is 5.66. The number of nitrogens with two attached hydrogens (primary N) is 1. The van der Waals surface area contributed by atoms with Crippen molar-refractivity contribution in [2.45, 2.75) is 13.5 Å². The molecule has 3 rings (SSSR count). The zero-order valence-corrected chi connectivity index (χ0v) is 9.84. The normalized spacial score (nSPS) is 11.2. The highest BCUT2D eigenvalue weighted by atomic mass is 19.1. The fourth-order valence-electron chi connectivity index (χ4n) is 1.95. The molecule has 2 heterocycles. The van der Waals surface area contributed by atoms with Gasteiger partial charge in [-0.25, -0.2) is 9.37 Å². The number of fused-ring (bicyclic) bond motifs is 1. The summed E-state index contributed by atoms with van der Waals surface area (Å²) < 4.78 is 16.7. The standard InChI is InChI=1S/C12H12FN5/c1-2-17-6-5-11(16-17)18-10-7-8(13)3-4-9(10)15-12(18)14/h3-7H,2H2,1H3,(H2,14,15). The SMILES string of the molecule is CCn1ccc(-n2c(N)nc3ccc(F)cc32)n1. The molecule has 2 aromatic heterocycles. The highest BCUT2D eigenvalue weighted by Gasteiger charge is 2.12. The van der Waals surface area contributed by atoms with E-state index in [-0.39, 0.29) is 5.82 Å². The highest BCUT2D eigenvalue weighted by molar-refractivity contribution is 5.80. The lowest BCUT2D eigenvalue weighted by Gasteiger charge is -2.02. The minimum atomic E-state index is -0.321. The molecule has 0 aliphatic heterocycles. The summed E-state index contributed by atoms with van der Waals surface area (Å²) in [5.41, 5.74) is 7.14. The quantitative estimate of drug-likeness (QED) is 0.750. The molecule has 0 fully saturated rings. The molecule has 2 N–H and O–H groups in total. The second-order valence-corrected chi connectivity index (χ2v) is 3.97. The van der Waals surface area contributed by atoms with E-state index in [1.807, 2.05) is 19.2 Å². The van der Waals surface area contributed by atoms with Gasteiger partial charge in [-0.2, -0.15) is 5.10 Å². The Labute approximate surface area is 103 Å². The van der Waals surface area contributed by atoms with Crippen LogP contribution in [0.25, 0.3) is 16.9 Å². The number of aromatic nitrogens is 4. The van der Waals surface area contributed by atoms with Gasteiger partial charge in [-0.1, -0.05) is 0 Å². The molecule has 0 aliphatic rings. The van der Waals surface area contributed by atoms with Gasteiger partial charge in [0.1, 0.15) is 5.82 Å². The van der Waals surface area contributed by atoms with E-state index in [1.165, 1.54) is 12.1 Å². The van der Waals surface area contributed by atoms with Crippen LogP contribution < -0.4 is 5.73 Å². The van der Waals surface area contributed by atoms with Gasteiger partial charge in [0.15, 0.2) is 5.82 Å². The number of imidazole rings is 1. The predicted octanol–water partition coefficient (Wildman–Crippen LogP) is 1.96. The Morgan fingerprint density at radius 2 is 2.17 bits per heavy atom. The summed E-state index contributed by atoms with van der Waals surface area (Å²) in [6.07, 6.45) is 1.85. The zero-order chi connectivity index (χ0) is 12.7. The minimum absolute atomic E-state index is 0.303. The summed E-state index contributed by atoms with van der Waals surface area (Å²) in [5, 5.41) is 4.35. The van der Waals surface area contributed by atoms with E-state index in [0.29, 0.717) is 22.8 Å². The highest BCUT2D eigenvalue weighted by Crippen LogP contribution is 2.22. The van der Waals surface area contributed by atoms with Crippen molar-refractivity contribution >= 4 is 17.0 Å². The van der Waals surface area contributed by atoms with E-state index in [9.17, 15) is 4.39 Å². The Bertz CT molecular complexity index is 712. The van der Waals surface area contributed by atoms with Gasteiger partial charge in [0.05, 0.1) is 11.0 Å². The second-order valence-electron chi connectivity index (χ2n) is 3.97. The lowest BCUT2D eigenvalue weighted by Crippen LogP contribution is -2.03. The Balaban J connectivity index is 2.26. The Kier molecular flexibility index (Phi) is 2.29. The topological polar surface area (TPSA) is 61.7 Å². The fourth-order valence-corrected chi connectivity index (χ4v) is 1.95. The first kappa shape index (κ1) is 10.8. The summed E-state index contributed by atoms with van der Waals surface area (Å²) in [7, 11) is 0. The van der Waals surface area contributed by atoms with Crippen LogP contribution in [0.2, 0.25) is 0 Å². The number of rotatable bonds is 2. The third kappa shape index (κ3) is 1.54. The first-order chi connectivity index (χ1) is 8.69. The molecule has 0 amide bonds. The molecule has 1 aromatic carbocycles. The third-order valence-electron chi connectivity index (χ3n) is 2.82. The van der Waals surface area contributed by atoms with Gasteiger partial charge in [-0.15, -0.1) is 0 Å². The maximum atomic E-state index is 13.3. The summed E-state index contributed by atoms with van der Waals surface area (Å²) in [6.45, 7) is 2.76. The molecule has 92 valence electrons. The Morgan fingerprint density at radius 1 is 1.33 bits per heavy atom. The summed E-state index contributed by atoms with van der Waals surface area (Å²) in [6, 6.07) is 6.20. The summed E-state index contributed by atoms with van der Waals surface area (Å²) in [5.74, 6) is 0.623. The molecule has 0 saturated heterocycles.